The lowest BCUT2D eigenvalue weighted by molar-refractivity contribution is 0.577. The smallest absolute Gasteiger partial charge is 0.123 e. The van der Waals surface area contributed by atoms with Gasteiger partial charge in [-0.05, 0) is 44.5 Å². The van der Waals surface area contributed by atoms with Crippen LogP contribution in [0.25, 0.3) is 10.6 Å². The van der Waals surface area contributed by atoms with Crippen LogP contribution in [0.2, 0.25) is 0 Å². The average Bonchev–Trinajstić information content (AvgIpc) is 2.89. The minimum Gasteiger partial charge on any atom is -0.309 e. The first kappa shape index (κ1) is 14.7. The van der Waals surface area contributed by atoms with Gasteiger partial charge in [-0.15, -0.1) is 11.3 Å². The van der Waals surface area contributed by atoms with Gasteiger partial charge < -0.3 is 5.32 Å². The maximum atomic E-state index is 4.55. The van der Waals surface area contributed by atoms with E-state index in [4.69, 9.17) is 0 Å². The molecule has 0 aliphatic carbocycles. The van der Waals surface area contributed by atoms with E-state index in [1.165, 1.54) is 16.0 Å². The summed E-state index contributed by atoms with van der Waals surface area (Å²) in [6.07, 6.45) is 3.15. The fourth-order valence-electron chi connectivity index (χ4n) is 1.86. The highest BCUT2D eigenvalue weighted by Crippen LogP contribution is 2.30. The number of thiazole rings is 1. The van der Waals surface area contributed by atoms with Crippen LogP contribution in [-0.4, -0.2) is 11.5 Å². The van der Waals surface area contributed by atoms with Gasteiger partial charge in [0.15, 0.2) is 0 Å². The van der Waals surface area contributed by atoms with Crippen molar-refractivity contribution in [2.45, 2.75) is 33.2 Å². The summed E-state index contributed by atoms with van der Waals surface area (Å²) in [5.41, 5.74) is 2.44. The van der Waals surface area contributed by atoms with E-state index in [1.807, 2.05) is 6.20 Å². The van der Waals surface area contributed by atoms with Crippen molar-refractivity contribution in [1.29, 1.82) is 0 Å². The third-order valence-corrected chi connectivity index (χ3v) is 5.17. The molecule has 0 saturated carbocycles. The van der Waals surface area contributed by atoms with Crippen LogP contribution in [-0.2, 0) is 0 Å². The van der Waals surface area contributed by atoms with Gasteiger partial charge in [0.25, 0.3) is 0 Å². The summed E-state index contributed by atoms with van der Waals surface area (Å²) in [4.78, 5) is 5.84. The highest BCUT2D eigenvalue weighted by atomic mass is 79.9. The Labute approximate surface area is 127 Å². The van der Waals surface area contributed by atoms with Crippen LogP contribution in [0.15, 0.2) is 28.9 Å². The van der Waals surface area contributed by atoms with Crippen LogP contribution in [0.1, 0.15) is 36.8 Å². The van der Waals surface area contributed by atoms with Crippen LogP contribution in [0.5, 0.6) is 0 Å². The summed E-state index contributed by atoms with van der Waals surface area (Å²) >= 11 is 5.30. The molecule has 0 radical (unpaired) electrons. The molecule has 4 heteroatoms. The molecule has 19 heavy (non-hydrogen) atoms. The zero-order chi connectivity index (χ0) is 13.8. The quantitative estimate of drug-likeness (QED) is 0.834. The summed E-state index contributed by atoms with van der Waals surface area (Å²) in [5, 5.41) is 4.59. The molecule has 2 nitrogen and oxygen atoms in total. The maximum absolute atomic E-state index is 4.55. The van der Waals surface area contributed by atoms with E-state index >= 15 is 0 Å². The molecule has 0 spiro atoms. The van der Waals surface area contributed by atoms with E-state index in [0.29, 0.717) is 6.04 Å². The van der Waals surface area contributed by atoms with E-state index in [-0.39, 0.29) is 0 Å². The second-order valence-electron chi connectivity index (χ2n) is 4.71. The molecule has 0 saturated heterocycles. The van der Waals surface area contributed by atoms with Gasteiger partial charge in [0.2, 0.25) is 0 Å². The van der Waals surface area contributed by atoms with Gasteiger partial charge in [-0.2, -0.15) is 0 Å². The van der Waals surface area contributed by atoms with Gasteiger partial charge in [-0.3, -0.25) is 0 Å². The van der Waals surface area contributed by atoms with Crippen molar-refractivity contribution in [2.75, 3.05) is 6.54 Å². The molecule has 2 rings (SSSR count). The monoisotopic (exact) mass is 338 g/mol. The van der Waals surface area contributed by atoms with Crippen LogP contribution in [0.3, 0.4) is 0 Å². The number of rotatable bonds is 5. The Morgan fingerprint density at radius 2 is 2.21 bits per heavy atom. The SMILES string of the molecule is CCCNC(C)c1cnc(-c2ccc(Br)c(C)c2)s1. The first-order valence-electron chi connectivity index (χ1n) is 6.57. The van der Waals surface area contributed by atoms with E-state index in [9.17, 15) is 0 Å². The zero-order valence-corrected chi connectivity index (χ0v) is 13.9. The lowest BCUT2D eigenvalue weighted by atomic mass is 10.1. The predicted molar refractivity (Wildman–Crippen MR) is 86.7 cm³/mol. The minimum atomic E-state index is 0.378. The average molecular weight is 339 g/mol. The van der Waals surface area contributed by atoms with Crippen molar-refractivity contribution in [1.82, 2.24) is 10.3 Å². The van der Waals surface area contributed by atoms with Gasteiger partial charge >= 0.3 is 0 Å². The van der Waals surface area contributed by atoms with E-state index in [1.54, 1.807) is 11.3 Å². The summed E-state index contributed by atoms with van der Waals surface area (Å²) < 4.78 is 1.14. The number of aryl methyl sites for hydroxylation is 1. The van der Waals surface area contributed by atoms with Gasteiger partial charge in [0, 0.05) is 27.2 Å². The first-order chi connectivity index (χ1) is 9.11. The molecule has 1 heterocycles. The van der Waals surface area contributed by atoms with E-state index < -0.39 is 0 Å². The van der Waals surface area contributed by atoms with Gasteiger partial charge in [0.05, 0.1) is 0 Å². The second kappa shape index (κ2) is 6.64. The molecule has 2 aromatic rings. The number of nitrogens with one attached hydrogen (secondary N) is 1. The van der Waals surface area contributed by atoms with Crippen molar-refractivity contribution >= 4 is 27.3 Å². The molecule has 0 aliphatic heterocycles. The number of benzene rings is 1. The fourth-order valence-corrected chi connectivity index (χ4v) is 3.05. The molecule has 0 bridgehead atoms. The lowest BCUT2D eigenvalue weighted by Crippen LogP contribution is -2.18. The highest BCUT2D eigenvalue weighted by molar-refractivity contribution is 9.10. The highest BCUT2D eigenvalue weighted by Gasteiger charge is 2.10. The Balaban J connectivity index is 2.18. The largest absolute Gasteiger partial charge is 0.309 e. The maximum Gasteiger partial charge on any atom is 0.123 e. The molecule has 1 atom stereocenters. The van der Waals surface area contributed by atoms with E-state index in [2.05, 4.69) is 65.2 Å². The fraction of sp³-hybridized carbons (Fsp3) is 0.400. The molecular weight excluding hydrogens is 320 g/mol. The third-order valence-electron chi connectivity index (χ3n) is 3.06. The first-order valence-corrected chi connectivity index (χ1v) is 8.18. The van der Waals surface area contributed by atoms with Crippen LogP contribution >= 0.6 is 27.3 Å². The number of hydrogen-bond donors (Lipinski definition) is 1. The van der Waals surface area contributed by atoms with Crippen molar-refractivity contribution in [3.05, 3.63) is 39.3 Å². The molecule has 1 N–H and O–H groups in total. The van der Waals surface area contributed by atoms with Crippen molar-refractivity contribution < 1.29 is 0 Å². The standard InChI is InChI=1S/C15H19BrN2S/c1-4-7-17-11(3)14-9-18-15(19-14)12-5-6-13(16)10(2)8-12/h5-6,8-9,11,17H,4,7H2,1-3H3. The number of nitrogens with zero attached hydrogens (tertiary/aromatic N) is 1. The van der Waals surface area contributed by atoms with Gasteiger partial charge in [-0.1, -0.05) is 28.9 Å². The molecule has 0 fully saturated rings. The molecule has 1 unspecified atom stereocenters. The molecular formula is C15H19BrN2S. The molecule has 0 amide bonds. The zero-order valence-electron chi connectivity index (χ0n) is 11.5. The van der Waals surface area contributed by atoms with Crippen LogP contribution in [0.4, 0.5) is 0 Å². The van der Waals surface area contributed by atoms with Crippen LogP contribution < -0.4 is 5.32 Å². The van der Waals surface area contributed by atoms with Crippen molar-refractivity contribution in [3.63, 3.8) is 0 Å². The van der Waals surface area contributed by atoms with Crippen molar-refractivity contribution in [2.24, 2.45) is 0 Å². The summed E-state index contributed by atoms with van der Waals surface area (Å²) in [7, 11) is 0. The van der Waals surface area contributed by atoms with Gasteiger partial charge in [-0.25, -0.2) is 4.98 Å². The number of aromatic nitrogens is 1. The molecule has 1 aromatic carbocycles. The molecule has 0 aliphatic rings. The summed E-state index contributed by atoms with van der Waals surface area (Å²) in [6.45, 7) is 7.53. The number of hydrogen-bond acceptors (Lipinski definition) is 3. The Hall–Kier alpha value is -0.710. The Bertz CT molecular complexity index is 551. The topological polar surface area (TPSA) is 24.9 Å². The Morgan fingerprint density at radius 3 is 2.89 bits per heavy atom. The Kier molecular flexibility index (Phi) is 5.13. The normalized spacial score (nSPS) is 12.6. The number of halogens is 1. The lowest BCUT2D eigenvalue weighted by Gasteiger charge is -2.09. The summed E-state index contributed by atoms with van der Waals surface area (Å²) in [5.74, 6) is 0. The van der Waals surface area contributed by atoms with Gasteiger partial charge in [0.1, 0.15) is 5.01 Å². The van der Waals surface area contributed by atoms with E-state index in [0.717, 1.165) is 22.4 Å². The minimum absolute atomic E-state index is 0.378. The van der Waals surface area contributed by atoms with Crippen molar-refractivity contribution in [3.8, 4) is 10.6 Å². The van der Waals surface area contributed by atoms with Crippen LogP contribution in [0, 0.1) is 6.92 Å². The molecule has 1 aromatic heterocycles. The predicted octanol–water partition coefficient (Wildman–Crippen LogP) is 4.94. The Morgan fingerprint density at radius 1 is 1.42 bits per heavy atom. The second-order valence-corrected chi connectivity index (χ2v) is 6.62. The third kappa shape index (κ3) is 3.65. The summed E-state index contributed by atoms with van der Waals surface area (Å²) in [6, 6.07) is 6.76. The molecule has 102 valence electrons.